The molecule has 0 radical (unpaired) electrons. The molecule has 0 aromatic rings. The molecule has 0 fully saturated rings. The van der Waals surface area contributed by atoms with E-state index in [-0.39, 0.29) is 3.43 Å². The monoisotopic (exact) mass is 238 g/mol. The zero-order chi connectivity index (χ0) is 7.49. The SMILES string of the molecule is CC[CH2][SnH]([OH])[C](C)(C)C. The number of hydrogen-bond donors (Lipinski definition) is 1. The third kappa shape index (κ3) is 4.20. The average Bonchev–Trinajstić information content (AvgIpc) is 1.64. The molecule has 9 heavy (non-hydrogen) atoms. The van der Waals surface area contributed by atoms with E-state index in [2.05, 4.69) is 27.7 Å². The van der Waals surface area contributed by atoms with Crippen LogP contribution >= 0.6 is 0 Å². The first-order valence-electron chi connectivity index (χ1n) is 3.66. The van der Waals surface area contributed by atoms with Crippen molar-refractivity contribution in [1.82, 2.24) is 0 Å². The third-order valence-corrected chi connectivity index (χ3v) is 10.5. The summed E-state index contributed by atoms with van der Waals surface area (Å²) in [6.07, 6.45) is 1.16. The van der Waals surface area contributed by atoms with Gasteiger partial charge >= 0.3 is 65.6 Å². The Morgan fingerprint density at radius 2 is 1.78 bits per heavy atom. The van der Waals surface area contributed by atoms with Crippen LogP contribution in [-0.2, 0) is 0 Å². The van der Waals surface area contributed by atoms with E-state index in [9.17, 15) is 3.44 Å². The molecular weight excluding hydrogens is 219 g/mol. The summed E-state index contributed by atoms with van der Waals surface area (Å²) >= 11 is -2.03. The van der Waals surface area contributed by atoms with Crippen LogP contribution in [0.15, 0.2) is 0 Å². The van der Waals surface area contributed by atoms with E-state index in [4.69, 9.17) is 0 Å². The van der Waals surface area contributed by atoms with Crippen molar-refractivity contribution in [3.8, 4) is 0 Å². The molecule has 1 atom stereocenters. The molecule has 1 nitrogen and oxygen atoms in total. The van der Waals surface area contributed by atoms with Crippen LogP contribution in [0.5, 0.6) is 0 Å². The van der Waals surface area contributed by atoms with Crippen LogP contribution in [0.3, 0.4) is 0 Å². The van der Waals surface area contributed by atoms with Gasteiger partial charge < -0.3 is 0 Å². The predicted octanol–water partition coefficient (Wildman–Crippen LogP) is 1.91. The standard InChI is InChI=1S/C4H9.C3H7.H2O.Sn.H/c1-4(2)3;1-3-2;;;/h1-3H3;1,3H2,2H3;1H2;;/q;;;+1;/p-1. The number of rotatable bonds is 2. The van der Waals surface area contributed by atoms with Crippen molar-refractivity contribution in [1.29, 1.82) is 0 Å². The summed E-state index contributed by atoms with van der Waals surface area (Å²) in [5, 5.41) is 0. The van der Waals surface area contributed by atoms with Gasteiger partial charge in [-0.2, -0.15) is 0 Å². The van der Waals surface area contributed by atoms with Crippen molar-refractivity contribution in [2.24, 2.45) is 0 Å². The molecule has 0 aliphatic rings. The van der Waals surface area contributed by atoms with Crippen LogP contribution in [-0.4, -0.2) is 23.6 Å². The first-order chi connectivity index (χ1) is 3.98. The van der Waals surface area contributed by atoms with E-state index in [1.165, 1.54) is 0 Å². The van der Waals surface area contributed by atoms with Gasteiger partial charge in [-0.25, -0.2) is 0 Å². The topological polar surface area (TPSA) is 20.2 Å². The van der Waals surface area contributed by atoms with Crippen molar-refractivity contribution in [3.05, 3.63) is 0 Å². The molecule has 0 aliphatic heterocycles. The van der Waals surface area contributed by atoms with E-state index in [1.807, 2.05) is 0 Å². The van der Waals surface area contributed by atoms with Crippen LogP contribution in [0.4, 0.5) is 0 Å². The minimum atomic E-state index is -2.03. The summed E-state index contributed by atoms with van der Waals surface area (Å²) in [4.78, 5) is 0. The Bertz CT molecular complexity index is 75.5. The molecule has 56 valence electrons. The van der Waals surface area contributed by atoms with Gasteiger partial charge in [0, 0.05) is 0 Å². The molecule has 0 spiro atoms. The van der Waals surface area contributed by atoms with E-state index in [0.717, 1.165) is 10.9 Å². The molecular formula is C7H18OSn. The van der Waals surface area contributed by atoms with Gasteiger partial charge in [0.25, 0.3) is 0 Å². The Morgan fingerprint density at radius 1 is 1.33 bits per heavy atom. The Hall–Kier alpha value is 0.759. The van der Waals surface area contributed by atoms with Crippen LogP contribution in [0, 0.1) is 0 Å². The van der Waals surface area contributed by atoms with Crippen LogP contribution in [0.2, 0.25) is 7.87 Å². The van der Waals surface area contributed by atoms with Gasteiger partial charge in [0.2, 0.25) is 0 Å². The van der Waals surface area contributed by atoms with E-state index < -0.39 is 20.2 Å². The Balaban J connectivity index is 3.59. The van der Waals surface area contributed by atoms with Crippen LogP contribution in [0.1, 0.15) is 34.1 Å². The first kappa shape index (κ1) is 9.76. The molecule has 0 rings (SSSR count). The van der Waals surface area contributed by atoms with Gasteiger partial charge in [0.15, 0.2) is 0 Å². The zero-order valence-corrected chi connectivity index (χ0v) is 10.2. The zero-order valence-electron chi connectivity index (χ0n) is 6.94. The van der Waals surface area contributed by atoms with E-state index in [0.29, 0.717) is 0 Å². The molecule has 1 unspecified atom stereocenters. The predicted molar refractivity (Wildman–Crippen MR) is 44.2 cm³/mol. The normalized spacial score (nSPS) is 15.7. The van der Waals surface area contributed by atoms with Gasteiger partial charge in [0.1, 0.15) is 0 Å². The Kier molecular flexibility index (Phi) is 4.13. The molecule has 2 heteroatoms. The molecule has 0 saturated carbocycles. The summed E-state index contributed by atoms with van der Waals surface area (Å²) in [6, 6.07) is 0. The van der Waals surface area contributed by atoms with Crippen LogP contribution in [0.25, 0.3) is 0 Å². The number of hydrogen-bond acceptors (Lipinski definition) is 1. The third-order valence-electron chi connectivity index (χ3n) is 1.56. The summed E-state index contributed by atoms with van der Waals surface area (Å²) in [5.74, 6) is 0. The fraction of sp³-hybridized carbons (Fsp3) is 1.00. The molecule has 0 aromatic carbocycles. The van der Waals surface area contributed by atoms with Crippen LogP contribution < -0.4 is 0 Å². The summed E-state index contributed by atoms with van der Waals surface area (Å²) < 4.78 is 11.0. The molecule has 0 aromatic heterocycles. The van der Waals surface area contributed by atoms with E-state index >= 15 is 0 Å². The van der Waals surface area contributed by atoms with Gasteiger partial charge in [-0.3, -0.25) is 0 Å². The molecule has 0 saturated heterocycles. The Morgan fingerprint density at radius 3 is 1.89 bits per heavy atom. The van der Waals surface area contributed by atoms with Gasteiger partial charge in [-0.1, -0.05) is 0 Å². The summed E-state index contributed by atoms with van der Waals surface area (Å²) in [6.45, 7) is 8.61. The first-order valence-corrected chi connectivity index (χ1v) is 9.11. The van der Waals surface area contributed by atoms with Crippen molar-refractivity contribution < 1.29 is 3.44 Å². The second-order valence-electron chi connectivity index (χ2n) is 3.67. The summed E-state index contributed by atoms with van der Waals surface area (Å²) in [7, 11) is 0. The molecule has 0 heterocycles. The molecule has 1 N–H and O–H groups in total. The minimum absolute atomic E-state index is 0.275. The molecule has 0 aliphatic carbocycles. The second kappa shape index (κ2) is 3.81. The quantitative estimate of drug-likeness (QED) is 0.727. The fourth-order valence-corrected chi connectivity index (χ4v) is 4.74. The fourth-order valence-electron chi connectivity index (χ4n) is 0.706. The maximum absolute atomic E-state index is 9.60. The van der Waals surface area contributed by atoms with Crippen molar-refractivity contribution >= 4 is 20.2 Å². The second-order valence-corrected chi connectivity index (χ2v) is 13.2. The van der Waals surface area contributed by atoms with Crippen molar-refractivity contribution in [3.63, 3.8) is 0 Å². The maximum atomic E-state index is 9.60. The van der Waals surface area contributed by atoms with Crippen molar-refractivity contribution in [2.75, 3.05) is 0 Å². The summed E-state index contributed by atoms with van der Waals surface area (Å²) in [5.41, 5.74) is 0. The van der Waals surface area contributed by atoms with Gasteiger partial charge in [-0.15, -0.1) is 0 Å². The van der Waals surface area contributed by atoms with Gasteiger partial charge in [0.05, 0.1) is 0 Å². The Labute approximate surface area is 65.8 Å². The van der Waals surface area contributed by atoms with Gasteiger partial charge in [-0.05, 0) is 0 Å². The van der Waals surface area contributed by atoms with Crippen molar-refractivity contribution in [2.45, 2.75) is 42.0 Å². The average molecular weight is 237 g/mol. The molecule has 0 bridgehead atoms. The van der Waals surface area contributed by atoms with E-state index in [1.54, 1.807) is 0 Å². The molecule has 0 amide bonds.